The maximum atomic E-state index is 5.18. The number of halogens is 1. The Bertz CT molecular complexity index is 930. The largest absolute Gasteiger partial charge is 0.363 e. The van der Waals surface area contributed by atoms with Gasteiger partial charge in [-0.2, -0.15) is 0 Å². The Morgan fingerprint density at radius 1 is 1.16 bits per heavy atom. The predicted octanol–water partition coefficient (Wildman–Crippen LogP) is 4.15. The van der Waals surface area contributed by atoms with Gasteiger partial charge in [-0.1, -0.05) is 6.07 Å². The Labute approximate surface area is 159 Å². The van der Waals surface area contributed by atoms with Gasteiger partial charge in [0.25, 0.3) is 0 Å². The summed E-state index contributed by atoms with van der Waals surface area (Å²) in [5.74, 6) is 1.25. The van der Waals surface area contributed by atoms with Gasteiger partial charge in [0.2, 0.25) is 0 Å². The van der Waals surface area contributed by atoms with Crippen LogP contribution in [0.2, 0.25) is 0 Å². The topological polar surface area (TPSA) is 74.8 Å². The van der Waals surface area contributed by atoms with Gasteiger partial charge in [-0.05, 0) is 71.8 Å². The Hall–Kier alpha value is -2.32. The molecule has 3 N–H and O–H groups in total. The number of aromatic nitrogens is 3. The summed E-state index contributed by atoms with van der Waals surface area (Å²) in [5, 5.41) is 9.84. The van der Waals surface area contributed by atoms with Crippen molar-refractivity contribution in [2.75, 3.05) is 17.2 Å². The standard InChI is InChI=1S/C17H17BrN6S/c1-3-19-17(25)24-14-7-6-13-16(22-14)23-15(9-20-13)21-12-5-4-10(2)8-11(12)18/h4-9H,3H2,1-2H3,(H3,19,21,22,23,24,25). The number of pyridine rings is 1. The van der Waals surface area contributed by atoms with Crippen molar-refractivity contribution in [3.8, 4) is 0 Å². The average molecular weight is 417 g/mol. The van der Waals surface area contributed by atoms with E-state index in [9.17, 15) is 0 Å². The van der Waals surface area contributed by atoms with Gasteiger partial charge >= 0.3 is 0 Å². The van der Waals surface area contributed by atoms with Crippen LogP contribution in [0.4, 0.5) is 17.3 Å². The molecule has 1 aromatic carbocycles. The third-order valence-electron chi connectivity index (χ3n) is 3.37. The van der Waals surface area contributed by atoms with Gasteiger partial charge in [-0.15, -0.1) is 0 Å². The van der Waals surface area contributed by atoms with Crippen molar-refractivity contribution in [2.45, 2.75) is 13.8 Å². The monoisotopic (exact) mass is 416 g/mol. The molecule has 0 amide bonds. The van der Waals surface area contributed by atoms with Crippen LogP contribution in [0.25, 0.3) is 11.2 Å². The molecule has 25 heavy (non-hydrogen) atoms. The molecule has 128 valence electrons. The molecule has 0 saturated heterocycles. The van der Waals surface area contributed by atoms with Crippen LogP contribution in [-0.4, -0.2) is 26.6 Å². The van der Waals surface area contributed by atoms with E-state index in [0.717, 1.165) is 16.7 Å². The number of nitrogens with zero attached hydrogens (tertiary/aromatic N) is 3. The van der Waals surface area contributed by atoms with Gasteiger partial charge < -0.3 is 16.0 Å². The minimum atomic E-state index is 0.528. The fraction of sp³-hybridized carbons (Fsp3) is 0.176. The summed E-state index contributed by atoms with van der Waals surface area (Å²) in [6.07, 6.45) is 1.69. The highest BCUT2D eigenvalue weighted by Crippen LogP contribution is 2.26. The second kappa shape index (κ2) is 7.71. The minimum absolute atomic E-state index is 0.528. The zero-order chi connectivity index (χ0) is 17.8. The van der Waals surface area contributed by atoms with Crippen LogP contribution in [0.3, 0.4) is 0 Å². The summed E-state index contributed by atoms with van der Waals surface area (Å²) in [6, 6.07) is 9.75. The van der Waals surface area contributed by atoms with Crippen LogP contribution in [0.15, 0.2) is 41.0 Å². The van der Waals surface area contributed by atoms with Gasteiger partial charge in [0.1, 0.15) is 11.3 Å². The number of benzene rings is 1. The van der Waals surface area contributed by atoms with E-state index in [1.807, 2.05) is 44.2 Å². The molecule has 6 nitrogen and oxygen atoms in total. The van der Waals surface area contributed by atoms with E-state index in [1.165, 1.54) is 5.56 Å². The number of nitrogens with one attached hydrogen (secondary N) is 3. The number of thiocarbonyl (C=S) groups is 1. The first-order valence-corrected chi connectivity index (χ1v) is 8.97. The van der Waals surface area contributed by atoms with Crippen LogP contribution in [0.1, 0.15) is 12.5 Å². The second-order valence-corrected chi connectivity index (χ2v) is 6.65. The van der Waals surface area contributed by atoms with Gasteiger partial charge in [0, 0.05) is 11.0 Å². The number of fused-ring (bicyclic) bond motifs is 1. The molecular weight excluding hydrogens is 400 g/mol. The number of hydrogen-bond acceptors (Lipinski definition) is 5. The summed E-state index contributed by atoms with van der Waals surface area (Å²) in [4.78, 5) is 13.4. The number of aryl methyl sites for hydroxylation is 1. The van der Waals surface area contributed by atoms with Gasteiger partial charge in [0.05, 0.1) is 11.9 Å². The SMILES string of the molecule is CCNC(=S)Nc1ccc2ncc(Nc3ccc(C)cc3Br)nc2n1. The summed E-state index contributed by atoms with van der Waals surface area (Å²) in [6.45, 7) is 4.77. The van der Waals surface area contributed by atoms with Crippen LogP contribution >= 0.6 is 28.1 Å². The highest BCUT2D eigenvalue weighted by molar-refractivity contribution is 9.10. The lowest BCUT2D eigenvalue weighted by Gasteiger charge is -2.10. The normalized spacial score (nSPS) is 10.5. The summed E-state index contributed by atoms with van der Waals surface area (Å²) in [7, 11) is 0. The lowest BCUT2D eigenvalue weighted by atomic mass is 10.2. The van der Waals surface area contributed by atoms with Crippen LogP contribution in [-0.2, 0) is 0 Å². The zero-order valence-corrected chi connectivity index (χ0v) is 16.2. The molecule has 0 atom stereocenters. The Balaban J connectivity index is 1.86. The van der Waals surface area contributed by atoms with Crippen molar-refractivity contribution < 1.29 is 0 Å². The maximum Gasteiger partial charge on any atom is 0.182 e. The third kappa shape index (κ3) is 4.40. The van der Waals surface area contributed by atoms with Crippen LogP contribution in [0, 0.1) is 6.92 Å². The molecule has 0 fully saturated rings. The van der Waals surface area contributed by atoms with E-state index in [4.69, 9.17) is 12.2 Å². The molecule has 0 unspecified atom stereocenters. The van der Waals surface area contributed by atoms with E-state index in [0.29, 0.717) is 27.9 Å². The maximum absolute atomic E-state index is 5.18. The fourth-order valence-electron chi connectivity index (χ4n) is 2.21. The molecule has 0 aliphatic carbocycles. The van der Waals surface area contributed by atoms with E-state index >= 15 is 0 Å². The van der Waals surface area contributed by atoms with Crippen LogP contribution in [0.5, 0.6) is 0 Å². The first kappa shape index (κ1) is 17.5. The fourth-order valence-corrected chi connectivity index (χ4v) is 3.05. The zero-order valence-electron chi connectivity index (χ0n) is 13.8. The van der Waals surface area contributed by atoms with Crippen LogP contribution < -0.4 is 16.0 Å². The molecule has 0 bridgehead atoms. The molecule has 0 saturated carbocycles. The van der Waals surface area contributed by atoms with Gasteiger partial charge in [-0.3, -0.25) is 0 Å². The molecule has 2 heterocycles. The van der Waals surface area contributed by atoms with Gasteiger partial charge in [0.15, 0.2) is 16.6 Å². The molecule has 0 aliphatic rings. The van der Waals surface area contributed by atoms with Crippen molar-refractivity contribution >= 4 is 61.7 Å². The van der Waals surface area contributed by atoms with Gasteiger partial charge in [-0.25, -0.2) is 15.0 Å². The number of hydrogen-bond donors (Lipinski definition) is 3. The highest BCUT2D eigenvalue weighted by Gasteiger charge is 2.06. The smallest absolute Gasteiger partial charge is 0.182 e. The second-order valence-electron chi connectivity index (χ2n) is 5.39. The Morgan fingerprint density at radius 3 is 2.72 bits per heavy atom. The third-order valence-corrected chi connectivity index (χ3v) is 4.28. The van der Waals surface area contributed by atoms with E-state index in [2.05, 4.69) is 46.8 Å². The summed E-state index contributed by atoms with van der Waals surface area (Å²) >= 11 is 8.73. The minimum Gasteiger partial charge on any atom is -0.363 e. The lowest BCUT2D eigenvalue weighted by molar-refractivity contribution is 0.978. The highest BCUT2D eigenvalue weighted by atomic mass is 79.9. The molecular formula is C17H17BrN6S. The Kier molecular flexibility index (Phi) is 5.40. The van der Waals surface area contributed by atoms with Crippen molar-refractivity contribution in [2.24, 2.45) is 0 Å². The quantitative estimate of drug-likeness (QED) is 0.551. The average Bonchev–Trinajstić information content (AvgIpc) is 2.57. The Morgan fingerprint density at radius 2 is 1.96 bits per heavy atom. The lowest BCUT2D eigenvalue weighted by Crippen LogP contribution is -2.28. The summed E-state index contributed by atoms with van der Waals surface area (Å²) < 4.78 is 0.966. The first-order chi connectivity index (χ1) is 12.0. The summed E-state index contributed by atoms with van der Waals surface area (Å²) in [5.41, 5.74) is 3.35. The molecule has 3 rings (SSSR count). The molecule has 0 radical (unpaired) electrons. The number of rotatable bonds is 4. The molecule has 3 aromatic rings. The number of anilines is 3. The van der Waals surface area contributed by atoms with E-state index in [1.54, 1.807) is 6.20 Å². The van der Waals surface area contributed by atoms with Crippen molar-refractivity contribution in [3.63, 3.8) is 0 Å². The first-order valence-electron chi connectivity index (χ1n) is 7.77. The van der Waals surface area contributed by atoms with Crippen molar-refractivity contribution in [1.82, 2.24) is 20.3 Å². The molecule has 0 aliphatic heterocycles. The molecule has 0 spiro atoms. The molecule has 8 heteroatoms. The molecule has 2 aromatic heterocycles. The van der Waals surface area contributed by atoms with Crippen molar-refractivity contribution in [1.29, 1.82) is 0 Å². The predicted molar refractivity (Wildman–Crippen MR) is 109 cm³/mol. The van der Waals surface area contributed by atoms with E-state index < -0.39 is 0 Å². The van der Waals surface area contributed by atoms with Crippen molar-refractivity contribution in [3.05, 3.63) is 46.6 Å². The van der Waals surface area contributed by atoms with E-state index in [-0.39, 0.29) is 0 Å².